The number of hydrogen-bond acceptors (Lipinski definition) is 2. The second-order valence-electron chi connectivity index (χ2n) is 2.74. The lowest BCUT2D eigenvalue weighted by atomic mass is 10.3. The van der Waals surface area contributed by atoms with Gasteiger partial charge in [-0.1, -0.05) is 11.6 Å². The molecule has 1 N–H and O–H groups in total. The number of halogens is 2. The molecule has 0 saturated carbocycles. The van der Waals surface area contributed by atoms with Crippen LogP contribution in [0.3, 0.4) is 0 Å². The molecule has 72 valence electrons. The zero-order valence-corrected chi connectivity index (χ0v) is 7.74. The van der Waals surface area contributed by atoms with E-state index < -0.39 is 5.82 Å². The third kappa shape index (κ3) is 1.56. The van der Waals surface area contributed by atoms with Crippen LogP contribution in [-0.4, -0.2) is 14.9 Å². The molecular weight excluding hydrogens is 207 g/mol. The molecule has 0 unspecified atom stereocenters. The van der Waals surface area contributed by atoms with Gasteiger partial charge < -0.3 is 5.11 Å². The number of nitrogens with zero attached hydrogens (tertiary/aromatic N) is 2. The van der Waals surface area contributed by atoms with Gasteiger partial charge in [0.2, 0.25) is 0 Å². The Morgan fingerprint density at radius 2 is 2.21 bits per heavy atom. The summed E-state index contributed by atoms with van der Waals surface area (Å²) in [4.78, 5) is 0. The SMILES string of the molecule is Oc1cnn(-c2ccc(F)c(Cl)c2)c1. The van der Waals surface area contributed by atoms with Crippen molar-refractivity contribution in [2.24, 2.45) is 0 Å². The molecule has 2 aromatic rings. The Balaban J connectivity index is 2.47. The van der Waals surface area contributed by atoms with Crippen molar-refractivity contribution in [2.45, 2.75) is 0 Å². The summed E-state index contributed by atoms with van der Waals surface area (Å²) in [7, 11) is 0. The van der Waals surface area contributed by atoms with E-state index in [1.165, 1.54) is 35.3 Å². The smallest absolute Gasteiger partial charge is 0.153 e. The molecule has 0 saturated heterocycles. The lowest BCUT2D eigenvalue weighted by Crippen LogP contribution is -1.94. The molecular formula is C9H6ClFN2O. The molecule has 3 nitrogen and oxygen atoms in total. The van der Waals surface area contributed by atoms with Gasteiger partial charge in [-0.15, -0.1) is 0 Å². The first kappa shape index (κ1) is 9.02. The van der Waals surface area contributed by atoms with Crippen LogP contribution in [0.5, 0.6) is 5.75 Å². The van der Waals surface area contributed by atoms with Gasteiger partial charge in [0.15, 0.2) is 5.75 Å². The van der Waals surface area contributed by atoms with Gasteiger partial charge in [0.1, 0.15) is 5.82 Å². The minimum absolute atomic E-state index is 0.0255. The second-order valence-corrected chi connectivity index (χ2v) is 3.15. The summed E-state index contributed by atoms with van der Waals surface area (Å²) in [5.41, 5.74) is 0.594. The molecule has 0 fully saturated rings. The molecule has 1 aromatic carbocycles. The fraction of sp³-hybridized carbons (Fsp3) is 0. The molecule has 0 atom stereocenters. The number of rotatable bonds is 1. The standard InChI is InChI=1S/C9H6ClFN2O/c10-8-3-6(1-2-9(8)11)13-5-7(14)4-12-13/h1-5,14H. The Kier molecular flexibility index (Phi) is 2.13. The van der Waals surface area contributed by atoms with E-state index in [-0.39, 0.29) is 10.8 Å². The maximum Gasteiger partial charge on any atom is 0.153 e. The van der Waals surface area contributed by atoms with Crippen molar-refractivity contribution >= 4 is 11.6 Å². The summed E-state index contributed by atoms with van der Waals surface area (Å²) < 4.78 is 14.2. The minimum atomic E-state index is -0.480. The Morgan fingerprint density at radius 1 is 1.43 bits per heavy atom. The van der Waals surface area contributed by atoms with Crippen molar-refractivity contribution in [1.29, 1.82) is 0 Å². The molecule has 2 rings (SSSR count). The average molecular weight is 213 g/mol. The Morgan fingerprint density at radius 3 is 2.79 bits per heavy atom. The van der Waals surface area contributed by atoms with Crippen LogP contribution >= 0.6 is 11.6 Å². The van der Waals surface area contributed by atoms with E-state index in [9.17, 15) is 4.39 Å². The predicted molar refractivity (Wildman–Crippen MR) is 50.2 cm³/mol. The van der Waals surface area contributed by atoms with E-state index in [0.717, 1.165) is 0 Å². The van der Waals surface area contributed by atoms with Crippen molar-refractivity contribution in [1.82, 2.24) is 9.78 Å². The Bertz CT molecular complexity index is 470. The van der Waals surface area contributed by atoms with Gasteiger partial charge in [-0.05, 0) is 18.2 Å². The van der Waals surface area contributed by atoms with Crippen LogP contribution in [0.4, 0.5) is 4.39 Å². The lowest BCUT2D eigenvalue weighted by molar-refractivity contribution is 0.475. The van der Waals surface area contributed by atoms with Crippen molar-refractivity contribution in [2.75, 3.05) is 0 Å². The molecule has 5 heteroatoms. The Hall–Kier alpha value is -1.55. The fourth-order valence-electron chi connectivity index (χ4n) is 1.08. The van der Waals surface area contributed by atoms with Crippen LogP contribution in [0.15, 0.2) is 30.6 Å². The summed E-state index contributed by atoms with van der Waals surface area (Å²) in [6.07, 6.45) is 2.70. The topological polar surface area (TPSA) is 38.1 Å². The van der Waals surface area contributed by atoms with Gasteiger partial charge >= 0.3 is 0 Å². The summed E-state index contributed by atoms with van der Waals surface area (Å²) in [5.74, 6) is -0.433. The summed E-state index contributed by atoms with van der Waals surface area (Å²) >= 11 is 5.59. The Labute approximate surface area is 84.4 Å². The highest BCUT2D eigenvalue weighted by molar-refractivity contribution is 6.30. The highest BCUT2D eigenvalue weighted by Gasteiger charge is 2.03. The fourth-order valence-corrected chi connectivity index (χ4v) is 1.26. The molecule has 0 aliphatic heterocycles. The van der Waals surface area contributed by atoms with Crippen molar-refractivity contribution < 1.29 is 9.50 Å². The van der Waals surface area contributed by atoms with Gasteiger partial charge in [0.05, 0.1) is 23.1 Å². The maximum absolute atomic E-state index is 12.8. The van der Waals surface area contributed by atoms with E-state index in [1.807, 2.05) is 0 Å². The summed E-state index contributed by atoms with van der Waals surface area (Å²) in [5, 5.41) is 12.9. The van der Waals surface area contributed by atoms with Crippen molar-refractivity contribution in [3.63, 3.8) is 0 Å². The third-order valence-electron chi connectivity index (χ3n) is 1.74. The van der Waals surface area contributed by atoms with E-state index in [0.29, 0.717) is 5.69 Å². The molecule has 1 heterocycles. The summed E-state index contributed by atoms with van der Waals surface area (Å²) in [6.45, 7) is 0. The van der Waals surface area contributed by atoms with E-state index in [1.54, 1.807) is 0 Å². The van der Waals surface area contributed by atoms with Gasteiger partial charge in [-0.3, -0.25) is 0 Å². The highest BCUT2D eigenvalue weighted by atomic mass is 35.5. The molecule has 0 spiro atoms. The molecule has 0 aliphatic carbocycles. The number of hydrogen-bond donors (Lipinski definition) is 1. The van der Waals surface area contributed by atoms with Gasteiger partial charge in [0, 0.05) is 0 Å². The predicted octanol–water partition coefficient (Wildman–Crippen LogP) is 2.37. The number of aromatic hydroxyl groups is 1. The average Bonchev–Trinajstić information content (AvgIpc) is 2.57. The zero-order chi connectivity index (χ0) is 10.1. The van der Waals surface area contributed by atoms with Crippen LogP contribution in [0, 0.1) is 5.82 Å². The number of aromatic nitrogens is 2. The molecule has 0 amide bonds. The lowest BCUT2D eigenvalue weighted by Gasteiger charge is -2.01. The first-order chi connectivity index (χ1) is 6.66. The van der Waals surface area contributed by atoms with Crippen LogP contribution < -0.4 is 0 Å². The molecule has 0 bridgehead atoms. The maximum atomic E-state index is 12.8. The van der Waals surface area contributed by atoms with E-state index in [4.69, 9.17) is 16.7 Å². The first-order valence-electron chi connectivity index (χ1n) is 3.86. The van der Waals surface area contributed by atoms with Gasteiger partial charge in [0.25, 0.3) is 0 Å². The number of benzene rings is 1. The molecule has 1 aromatic heterocycles. The van der Waals surface area contributed by atoms with E-state index >= 15 is 0 Å². The van der Waals surface area contributed by atoms with Crippen LogP contribution in [-0.2, 0) is 0 Å². The van der Waals surface area contributed by atoms with Crippen LogP contribution in [0.2, 0.25) is 5.02 Å². The van der Waals surface area contributed by atoms with E-state index in [2.05, 4.69) is 5.10 Å². The third-order valence-corrected chi connectivity index (χ3v) is 2.03. The first-order valence-corrected chi connectivity index (χ1v) is 4.23. The second kappa shape index (κ2) is 3.31. The molecule has 14 heavy (non-hydrogen) atoms. The quantitative estimate of drug-likeness (QED) is 0.788. The van der Waals surface area contributed by atoms with Gasteiger partial charge in [-0.2, -0.15) is 5.10 Å². The van der Waals surface area contributed by atoms with Crippen molar-refractivity contribution in [3.05, 3.63) is 41.4 Å². The van der Waals surface area contributed by atoms with Crippen LogP contribution in [0.1, 0.15) is 0 Å². The normalized spacial score (nSPS) is 10.4. The van der Waals surface area contributed by atoms with Crippen molar-refractivity contribution in [3.8, 4) is 11.4 Å². The summed E-state index contributed by atoms with van der Waals surface area (Å²) in [6, 6.07) is 4.20. The van der Waals surface area contributed by atoms with Gasteiger partial charge in [-0.25, -0.2) is 9.07 Å². The zero-order valence-electron chi connectivity index (χ0n) is 6.98. The van der Waals surface area contributed by atoms with Crippen LogP contribution in [0.25, 0.3) is 5.69 Å². The largest absolute Gasteiger partial charge is 0.505 e. The highest BCUT2D eigenvalue weighted by Crippen LogP contribution is 2.19. The monoisotopic (exact) mass is 212 g/mol. The molecule has 0 radical (unpaired) electrons. The minimum Gasteiger partial charge on any atom is -0.505 e. The molecule has 0 aliphatic rings.